The molecule has 1 amide bonds. The van der Waals surface area contributed by atoms with Crippen molar-refractivity contribution in [1.82, 2.24) is 15.1 Å². The minimum absolute atomic E-state index is 0.112. The van der Waals surface area contributed by atoms with Gasteiger partial charge in [-0.25, -0.2) is 9.07 Å². The van der Waals surface area contributed by atoms with Gasteiger partial charge in [0.1, 0.15) is 23.3 Å². The second-order valence-corrected chi connectivity index (χ2v) is 7.14. The number of amides is 1. The Labute approximate surface area is 172 Å². The van der Waals surface area contributed by atoms with Gasteiger partial charge in [0.25, 0.3) is 0 Å². The molecule has 3 N–H and O–H groups in total. The van der Waals surface area contributed by atoms with Gasteiger partial charge in [-0.15, -0.1) is 11.8 Å². The monoisotopic (exact) mass is 419 g/mol. The molecule has 0 unspecified atom stereocenters. The molecular weight excluding hydrogens is 397 g/mol. The second kappa shape index (κ2) is 11.1. The van der Waals surface area contributed by atoms with E-state index in [1.165, 1.54) is 47.8 Å². The van der Waals surface area contributed by atoms with Gasteiger partial charge >= 0.3 is 5.97 Å². The number of ether oxygens (including phenoxy) is 1. The van der Waals surface area contributed by atoms with E-state index >= 15 is 0 Å². The highest BCUT2D eigenvalue weighted by molar-refractivity contribution is 7.99. The summed E-state index contributed by atoms with van der Waals surface area (Å²) in [4.78, 5) is 22.8. The quantitative estimate of drug-likeness (QED) is 0.445. The predicted octanol–water partition coefficient (Wildman–Crippen LogP) is 1.81. The van der Waals surface area contributed by atoms with Crippen molar-refractivity contribution in [3.05, 3.63) is 41.3 Å². The summed E-state index contributed by atoms with van der Waals surface area (Å²) in [7, 11) is 1.32. The first-order valence-corrected chi connectivity index (χ1v) is 10.1. The van der Waals surface area contributed by atoms with Crippen molar-refractivity contribution in [3.8, 4) is 11.8 Å². The van der Waals surface area contributed by atoms with E-state index in [2.05, 4.69) is 21.2 Å². The number of nitrogens with two attached hydrogens (primary N) is 1. The highest BCUT2D eigenvalue weighted by Crippen LogP contribution is 2.21. The van der Waals surface area contributed by atoms with Crippen LogP contribution in [0.25, 0.3) is 5.69 Å². The van der Waals surface area contributed by atoms with Gasteiger partial charge in [-0.3, -0.25) is 9.59 Å². The topological polar surface area (TPSA) is 123 Å². The van der Waals surface area contributed by atoms with E-state index < -0.39 is 0 Å². The van der Waals surface area contributed by atoms with Crippen molar-refractivity contribution in [2.75, 3.05) is 30.9 Å². The molecule has 2 rings (SSSR count). The van der Waals surface area contributed by atoms with E-state index in [0.717, 1.165) is 0 Å². The molecule has 0 saturated carbocycles. The van der Waals surface area contributed by atoms with Gasteiger partial charge in [0.2, 0.25) is 5.91 Å². The van der Waals surface area contributed by atoms with E-state index in [0.29, 0.717) is 42.9 Å². The van der Waals surface area contributed by atoms with Crippen LogP contribution in [0.3, 0.4) is 0 Å². The third-order valence-electron chi connectivity index (χ3n) is 4.01. The van der Waals surface area contributed by atoms with Crippen LogP contribution in [-0.4, -0.2) is 46.8 Å². The molecule has 8 nitrogen and oxygen atoms in total. The largest absolute Gasteiger partial charge is 0.468 e. The number of carbonyl (C=O) groups excluding carboxylic acids is 2. The molecule has 0 spiro atoms. The number of nitrogens with one attached hydrogen (secondary N) is 1. The average molecular weight is 419 g/mol. The van der Waals surface area contributed by atoms with Gasteiger partial charge in [0.05, 0.1) is 24.2 Å². The first kappa shape index (κ1) is 22.2. The van der Waals surface area contributed by atoms with Gasteiger partial charge in [-0.2, -0.15) is 10.4 Å². The number of nitrogens with zero attached hydrogens (tertiary/aromatic N) is 3. The minimum atomic E-state index is -0.375. The Hall–Kier alpha value is -3.06. The number of benzene rings is 1. The fourth-order valence-corrected chi connectivity index (χ4v) is 3.26. The zero-order valence-corrected chi connectivity index (χ0v) is 16.8. The standard InChI is InChI=1S/C19H22FN5O3S/c1-28-18(27)12-29-10-8-17(26)23-9-2-3-16-15(11-21)19(22)25(24-16)14-6-4-13(20)5-7-14/h4-7H,2-3,8-10,12,22H2,1H3,(H,23,26). The normalized spacial score (nSPS) is 10.4. The van der Waals surface area contributed by atoms with E-state index in [1.54, 1.807) is 0 Å². The van der Waals surface area contributed by atoms with E-state index in [4.69, 9.17) is 5.73 Å². The maximum atomic E-state index is 13.1. The molecule has 2 aromatic rings. The molecule has 1 aromatic carbocycles. The molecule has 0 aliphatic rings. The third kappa shape index (κ3) is 6.50. The molecular formula is C19H22FN5O3S. The lowest BCUT2D eigenvalue weighted by Crippen LogP contribution is -2.25. The first-order chi connectivity index (χ1) is 14.0. The summed E-state index contributed by atoms with van der Waals surface area (Å²) in [5.74, 6) is 0.138. The molecule has 0 saturated heterocycles. The molecule has 0 fully saturated rings. The number of esters is 1. The number of anilines is 1. The van der Waals surface area contributed by atoms with Crippen LogP contribution in [0.2, 0.25) is 0 Å². The molecule has 0 aliphatic heterocycles. The molecule has 29 heavy (non-hydrogen) atoms. The van der Waals surface area contributed by atoms with E-state index in [1.807, 2.05) is 0 Å². The van der Waals surface area contributed by atoms with Crippen LogP contribution in [0.4, 0.5) is 10.2 Å². The second-order valence-electron chi connectivity index (χ2n) is 6.04. The lowest BCUT2D eigenvalue weighted by Gasteiger charge is -2.04. The number of thioether (sulfide) groups is 1. The molecule has 0 radical (unpaired) electrons. The number of nitrogen functional groups attached to an aromatic ring is 1. The SMILES string of the molecule is COC(=O)CSCCC(=O)NCCCc1nn(-c2ccc(F)cc2)c(N)c1C#N. The number of halogens is 1. The molecule has 0 atom stereocenters. The highest BCUT2D eigenvalue weighted by Gasteiger charge is 2.16. The average Bonchev–Trinajstić information content (AvgIpc) is 3.04. The third-order valence-corrected chi connectivity index (χ3v) is 4.94. The van der Waals surface area contributed by atoms with Gasteiger partial charge < -0.3 is 15.8 Å². The number of methoxy groups -OCH3 is 1. The number of nitriles is 1. The van der Waals surface area contributed by atoms with Crippen LogP contribution in [0.5, 0.6) is 0 Å². The van der Waals surface area contributed by atoms with Gasteiger partial charge in [-0.05, 0) is 37.1 Å². The van der Waals surface area contributed by atoms with Crippen molar-refractivity contribution < 1.29 is 18.7 Å². The highest BCUT2D eigenvalue weighted by atomic mass is 32.2. The Kier molecular flexibility index (Phi) is 8.48. The van der Waals surface area contributed by atoms with Crippen molar-refractivity contribution >= 4 is 29.5 Å². The molecule has 1 heterocycles. The van der Waals surface area contributed by atoms with Crippen LogP contribution in [0.15, 0.2) is 24.3 Å². The Morgan fingerprint density at radius 1 is 1.38 bits per heavy atom. The van der Waals surface area contributed by atoms with Crippen molar-refractivity contribution in [3.63, 3.8) is 0 Å². The van der Waals surface area contributed by atoms with Crippen LogP contribution in [0.1, 0.15) is 24.1 Å². The summed E-state index contributed by atoms with van der Waals surface area (Å²) in [6.07, 6.45) is 1.34. The van der Waals surface area contributed by atoms with Gasteiger partial charge in [0.15, 0.2) is 0 Å². The number of hydrogen-bond acceptors (Lipinski definition) is 7. The molecule has 154 valence electrons. The Bertz CT molecular complexity index is 892. The maximum absolute atomic E-state index is 13.1. The number of carbonyl (C=O) groups is 2. The number of aryl methyl sites for hydroxylation is 1. The van der Waals surface area contributed by atoms with Crippen LogP contribution < -0.4 is 11.1 Å². The number of aromatic nitrogens is 2. The van der Waals surface area contributed by atoms with Crippen LogP contribution in [0, 0.1) is 17.1 Å². The summed E-state index contributed by atoms with van der Waals surface area (Å²) in [6.45, 7) is 0.425. The van der Waals surface area contributed by atoms with Crippen molar-refractivity contribution in [2.45, 2.75) is 19.3 Å². The number of rotatable bonds is 10. The Balaban J connectivity index is 1.82. The van der Waals surface area contributed by atoms with Gasteiger partial charge in [0, 0.05) is 18.7 Å². The molecule has 0 aliphatic carbocycles. The van der Waals surface area contributed by atoms with Crippen LogP contribution >= 0.6 is 11.8 Å². The Morgan fingerprint density at radius 3 is 2.76 bits per heavy atom. The molecule has 0 bridgehead atoms. The van der Waals surface area contributed by atoms with Gasteiger partial charge in [-0.1, -0.05) is 0 Å². The predicted molar refractivity (Wildman–Crippen MR) is 108 cm³/mol. The summed E-state index contributed by atoms with van der Waals surface area (Å²) in [5, 5.41) is 16.5. The maximum Gasteiger partial charge on any atom is 0.315 e. The van der Waals surface area contributed by atoms with Crippen molar-refractivity contribution in [2.24, 2.45) is 0 Å². The lowest BCUT2D eigenvalue weighted by molar-refractivity contribution is -0.137. The fraction of sp³-hybridized carbons (Fsp3) is 0.368. The summed E-state index contributed by atoms with van der Waals surface area (Å²) in [6, 6.07) is 7.70. The summed E-state index contributed by atoms with van der Waals surface area (Å²) >= 11 is 1.34. The lowest BCUT2D eigenvalue weighted by atomic mass is 10.1. The first-order valence-electron chi connectivity index (χ1n) is 8.91. The molecule has 1 aromatic heterocycles. The fourth-order valence-electron chi connectivity index (χ4n) is 2.51. The van der Waals surface area contributed by atoms with Crippen LogP contribution in [-0.2, 0) is 20.7 Å². The van der Waals surface area contributed by atoms with Crippen molar-refractivity contribution in [1.29, 1.82) is 5.26 Å². The smallest absolute Gasteiger partial charge is 0.315 e. The minimum Gasteiger partial charge on any atom is -0.468 e. The zero-order chi connectivity index (χ0) is 21.2. The van der Waals surface area contributed by atoms with E-state index in [-0.39, 0.29) is 34.8 Å². The Morgan fingerprint density at radius 2 is 2.10 bits per heavy atom. The van der Waals surface area contributed by atoms with E-state index in [9.17, 15) is 19.2 Å². The zero-order valence-electron chi connectivity index (χ0n) is 16.0. The number of hydrogen-bond donors (Lipinski definition) is 2. The molecule has 10 heteroatoms. The summed E-state index contributed by atoms with van der Waals surface area (Å²) < 4.78 is 19.0. The summed E-state index contributed by atoms with van der Waals surface area (Å²) in [5.41, 5.74) is 7.38.